The second kappa shape index (κ2) is 13.8. The number of urea groups is 1. The molecule has 5 rings (SSSR count). The summed E-state index contributed by atoms with van der Waals surface area (Å²) < 4.78 is 25.1. The molecule has 0 bridgehead atoms. The predicted octanol–water partition coefficient (Wildman–Crippen LogP) is 5.71. The topological polar surface area (TPSA) is 60.2 Å². The lowest BCUT2D eigenvalue weighted by atomic mass is 9.89. The fraction of sp³-hybridized carbons (Fsp3) is 0.966. The van der Waals surface area contributed by atoms with Gasteiger partial charge in [0, 0.05) is 26.3 Å². The van der Waals surface area contributed by atoms with Crippen LogP contribution in [-0.2, 0) is 18.9 Å². The molecule has 36 heavy (non-hydrogen) atoms. The Morgan fingerprint density at radius 1 is 0.639 bits per heavy atom. The average molecular weight is 507 g/mol. The highest BCUT2D eigenvalue weighted by atomic mass is 16.5. The molecule has 0 N–H and O–H groups in total. The molecule has 1 saturated heterocycles. The molecule has 0 aromatic rings. The van der Waals surface area contributed by atoms with E-state index in [2.05, 4.69) is 0 Å². The lowest BCUT2D eigenvalue weighted by molar-refractivity contribution is -0.0833. The lowest BCUT2D eigenvalue weighted by Gasteiger charge is -2.29. The summed E-state index contributed by atoms with van der Waals surface area (Å²) in [6, 6.07) is 0.0635. The molecule has 206 valence electrons. The molecule has 0 aromatic heterocycles. The normalized spacial score (nSPS) is 29.6. The Bertz CT molecular complexity index is 656. The van der Waals surface area contributed by atoms with Gasteiger partial charge in [0.05, 0.1) is 24.4 Å². The lowest BCUT2D eigenvalue weighted by Crippen LogP contribution is -2.41. The van der Waals surface area contributed by atoms with Crippen molar-refractivity contribution in [1.29, 1.82) is 0 Å². The zero-order chi connectivity index (χ0) is 24.6. The van der Waals surface area contributed by atoms with E-state index in [4.69, 9.17) is 18.9 Å². The SMILES string of the molecule is O=C(N1CC1)N(COC1CCCC1)COC1CCC(CCOC2CCCC2)C1CCOC1CCCC1. The molecule has 0 radical (unpaired) electrons. The molecular formula is C29H50N2O5. The van der Waals surface area contributed by atoms with Crippen molar-refractivity contribution >= 4 is 6.03 Å². The van der Waals surface area contributed by atoms with Crippen LogP contribution in [0.5, 0.6) is 0 Å². The van der Waals surface area contributed by atoms with Gasteiger partial charge in [0.25, 0.3) is 0 Å². The monoisotopic (exact) mass is 506 g/mol. The van der Waals surface area contributed by atoms with Crippen LogP contribution in [0.2, 0.25) is 0 Å². The van der Waals surface area contributed by atoms with Crippen molar-refractivity contribution in [3.05, 3.63) is 0 Å². The minimum atomic E-state index is 0.0635. The minimum absolute atomic E-state index is 0.0635. The van der Waals surface area contributed by atoms with Crippen molar-refractivity contribution in [3.8, 4) is 0 Å². The molecule has 0 aromatic carbocycles. The van der Waals surface area contributed by atoms with Gasteiger partial charge in [0.1, 0.15) is 13.5 Å². The quantitative estimate of drug-likeness (QED) is 0.223. The molecule has 0 spiro atoms. The van der Waals surface area contributed by atoms with Crippen molar-refractivity contribution in [3.63, 3.8) is 0 Å². The van der Waals surface area contributed by atoms with Gasteiger partial charge in [-0.05, 0) is 76.0 Å². The molecule has 3 atom stereocenters. The first-order valence-electron chi connectivity index (χ1n) is 15.3. The second-order valence-corrected chi connectivity index (χ2v) is 12.0. The summed E-state index contributed by atoms with van der Waals surface area (Å²) in [5, 5.41) is 0. The summed E-state index contributed by atoms with van der Waals surface area (Å²) in [4.78, 5) is 16.6. The van der Waals surface area contributed by atoms with Gasteiger partial charge < -0.3 is 23.8 Å². The molecule has 1 aliphatic heterocycles. The summed E-state index contributed by atoms with van der Waals surface area (Å²) >= 11 is 0. The first-order chi connectivity index (χ1) is 17.8. The van der Waals surface area contributed by atoms with Crippen LogP contribution in [0.1, 0.15) is 103 Å². The van der Waals surface area contributed by atoms with Gasteiger partial charge in [-0.1, -0.05) is 38.5 Å². The van der Waals surface area contributed by atoms with Crippen LogP contribution < -0.4 is 0 Å². The second-order valence-electron chi connectivity index (χ2n) is 12.0. The third-order valence-corrected chi connectivity index (χ3v) is 9.36. The molecule has 3 unspecified atom stereocenters. The molecule has 1 heterocycles. The van der Waals surface area contributed by atoms with Gasteiger partial charge in [-0.2, -0.15) is 0 Å². The number of ether oxygens (including phenoxy) is 4. The van der Waals surface area contributed by atoms with E-state index in [9.17, 15) is 4.79 Å². The average Bonchev–Trinajstić information content (AvgIpc) is 3.37. The van der Waals surface area contributed by atoms with Crippen molar-refractivity contribution in [2.24, 2.45) is 11.8 Å². The molecule has 5 fully saturated rings. The van der Waals surface area contributed by atoms with Crippen molar-refractivity contribution in [1.82, 2.24) is 9.80 Å². The van der Waals surface area contributed by atoms with E-state index >= 15 is 0 Å². The van der Waals surface area contributed by atoms with Gasteiger partial charge in [-0.3, -0.25) is 4.90 Å². The largest absolute Gasteiger partial charge is 0.378 e. The van der Waals surface area contributed by atoms with E-state index < -0.39 is 0 Å². The highest BCUT2D eigenvalue weighted by Gasteiger charge is 2.38. The van der Waals surface area contributed by atoms with Crippen LogP contribution in [-0.4, -0.2) is 80.0 Å². The maximum absolute atomic E-state index is 12.9. The number of carbonyl (C=O) groups is 1. The highest BCUT2D eigenvalue weighted by molar-refractivity contribution is 5.76. The summed E-state index contributed by atoms with van der Waals surface area (Å²) in [6.07, 6.45) is 20.7. The van der Waals surface area contributed by atoms with E-state index in [0.29, 0.717) is 43.6 Å². The Morgan fingerprint density at radius 2 is 1.17 bits per heavy atom. The number of nitrogens with zero attached hydrogens (tertiary/aromatic N) is 2. The van der Waals surface area contributed by atoms with Crippen LogP contribution in [0.15, 0.2) is 0 Å². The first kappa shape index (κ1) is 26.7. The number of hydrogen-bond acceptors (Lipinski definition) is 5. The highest BCUT2D eigenvalue weighted by Crippen LogP contribution is 2.39. The van der Waals surface area contributed by atoms with Gasteiger partial charge in [-0.25, -0.2) is 4.79 Å². The third kappa shape index (κ3) is 7.81. The zero-order valence-electron chi connectivity index (χ0n) is 22.5. The van der Waals surface area contributed by atoms with E-state index in [1.54, 1.807) is 4.90 Å². The van der Waals surface area contributed by atoms with Crippen molar-refractivity contribution in [2.45, 2.75) is 127 Å². The maximum Gasteiger partial charge on any atom is 0.323 e. The fourth-order valence-electron chi connectivity index (χ4n) is 6.99. The predicted molar refractivity (Wildman–Crippen MR) is 139 cm³/mol. The number of hydrogen-bond donors (Lipinski definition) is 0. The van der Waals surface area contributed by atoms with Crippen LogP contribution >= 0.6 is 0 Å². The standard InChI is InChI=1S/C29H50N2O5/c32-29(30-17-18-30)31(21-35-26-11-5-6-12-26)22-36-28-14-13-23(15-19-33-24-7-1-2-8-24)27(28)16-20-34-25-9-3-4-10-25/h23-28H,1-22H2. The Labute approximate surface area is 218 Å². The molecule has 4 saturated carbocycles. The molecule has 5 aliphatic rings. The van der Waals surface area contributed by atoms with Gasteiger partial charge >= 0.3 is 6.03 Å². The van der Waals surface area contributed by atoms with Gasteiger partial charge in [0.2, 0.25) is 0 Å². The van der Waals surface area contributed by atoms with Crippen LogP contribution in [0.3, 0.4) is 0 Å². The van der Waals surface area contributed by atoms with E-state index in [1.807, 2.05) is 4.90 Å². The van der Waals surface area contributed by atoms with E-state index in [-0.39, 0.29) is 12.1 Å². The molecule has 7 heteroatoms. The third-order valence-electron chi connectivity index (χ3n) is 9.36. The van der Waals surface area contributed by atoms with Crippen LogP contribution in [0.25, 0.3) is 0 Å². The fourth-order valence-corrected chi connectivity index (χ4v) is 6.99. The number of rotatable bonds is 14. The molecule has 2 amide bonds. The van der Waals surface area contributed by atoms with Crippen LogP contribution in [0, 0.1) is 11.8 Å². The van der Waals surface area contributed by atoms with Crippen molar-refractivity contribution < 1.29 is 23.7 Å². The minimum Gasteiger partial charge on any atom is -0.378 e. The first-order valence-corrected chi connectivity index (χ1v) is 15.3. The van der Waals surface area contributed by atoms with Gasteiger partial charge in [0.15, 0.2) is 0 Å². The van der Waals surface area contributed by atoms with E-state index in [1.165, 1.54) is 70.6 Å². The smallest absolute Gasteiger partial charge is 0.323 e. The summed E-state index contributed by atoms with van der Waals surface area (Å²) in [5.74, 6) is 1.10. The summed E-state index contributed by atoms with van der Waals surface area (Å²) in [7, 11) is 0. The van der Waals surface area contributed by atoms with E-state index in [0.717, 1.165) is 58.4 Å². The molecular weight excluding hydrogens is 456 g/mol. The molecule has 4 aliphatic carbocycles. The zero-order valence-corrected chi connectivity index (χ0v) is 22.5. The Morgan fingerprint density at radius 3 is 1.75 bits per heavy atom. The Balaban J connectivity index is 1.12. The Hall–Kier alpha value is -0.890. The van der Waals surface area contributed by atoms with Crippen molar-refractivity contribution in [2.75, 3.05) is 39.8 Å². The van der Waals surface area contributed by atoms with Gasteiger partial charge in [-0.15, -0.1) is 0 Å². The number of carbonyl (C=O) groups excluding carboxylic acids is 1. The number of amides is 2. The molecule has 7 nitrogen and oxygen atoms in total. The summed E-state index contributed by atoms with van der Waals surface area (Å²) in [5.41, 5.74) is 0. The van der Waals surface area contributed by atoms with Crippen LogP contribution in [0.4, 0.5) is 4.79 Å². The summed E-state index contributed by atoms with van der Waals surface area (Å²) in [6.45, 7) is 4.09. The Kier molecular flexibility index (Phi) is 10.2. The maximum atomic E-state index is 12.9.